The van der Waals surface area contributed by atoms with Crippen LogP contribution < -0.4 is 10.1 Å². The molecule has 0 aromatic heterocycles. The molecule has 1 amide bonds. The normalized spacial score (nSPS) is 15.8. The summed E-state index contributed by atoms with van der Waals surface area (Å²) in [6, 6.07) is 6.24. The van der Waals surface area contributed by atoms with Crippen LogP contribution in [0.3, 0.4) is 0 Å². The van der Waals surface area contributed by atoms with Gasteiger partial charge in [-0.15, -0.1) is 0 Å². The summed E-state index contributed by atoms with van der Waals surface area (Å²) in [6.45, 7) is 6.16. The quantitative estimate of drug-likeness (QED) is 0.635. The first kappa shape index (κ1) is 19.1. The Bertz CT molecular complexity index is 693. The fourth-order valence-electron chi connectivity index (χ4n) is 3.31. The van der Waals surface area contributed by atoms with Crippen LogP contribution in [-0.4, -0.2) is 19.1 Å². The lowest BCUT2D eigenvalue weighted by atomic mass is 9.94. The molecule has 0 atom stereocenters. The molecule has 1 aromatic carbocycles. The summed E-state index contributed by atoms with van der Waals surface area (Å²) >= 11 is 0. The van der Waals surface area contributed by atoms with Gasteiger partial charge in [-0.1, -0.05) is 33.1 Å². The molecular formula is C21H28N2O2. The van der Waals surface area contributed by atoms with Crippen LogP contribution in [0.15, 0.2) is 17.7 Å². The first-order valence-corrected chi connectivity index (χ1v) is 9.07. The molecule has 1 saturated carbocycles. The number of ether oxygens (including phenoxy) is 1. The number of rotatable bonds is 5. The summed E-state index contributed by atoms with van der Waals surface area (Å²) in [5, 5.41) is 12.5. The zero-order valence-electron chi connectivity index (χ0n) is 15.7. The van der Waals surface area contributed by atoms with Crippen LogP contribution in [0.25, 0.3) is 6.08 Å². The zero-order valence-corrected chi connectivity index (χ0v) is 15.7. The fraction of sp³-hybridized carbons (Fsp3) is 0.524. The topological polar surface area (TPSA) is 62.1 Å². The third-order valence-corrected chi connectivity index (χ3v) is 4.85. The molecule has 4 nitrogen and oxygen atoms in total. The minimum absolute atomic E-state index is 0.161. The summed E-state index contributed by atoms with van der Waals surface area (Å²) in [7, 11) is 1.66. The van der Waals surface area contributed by atoms with Crippen LogP contribution in [0.4, 0.5) is 0 Å². The highest BCUT2D eigenvalue weighted by atomic mass is 16.5. The molecule has 0 aliphatic heterocycles. The van der Waals surface area contributed by atoms with Crippen LogP contribution in [-0.2, 0) is 4.79 Å². The molecule has 1 aliphatic carbocycles. The maximum absolute atomic E-state index is 12.5. The largest absolute Gasteiger partial charge is 0.496 e. The molecule has 1 aromatic rings. The van der Waals surface area contributed by atoms with E-state index in [-0.39, 0.29) is 17.5 Å². The molecular weight excluding hydrogens is 312 g/mol. The van der Waals surface area contributed by atoms with E-state index in [4.69, 9.17) is 4.74 Å². The highest BCUT2D eigenvalue weighted by molar-refractivity contribution is 6.02. The van der Waals surface area contributed by atoms with Gasteiger partial charge in [0.1, 0.15) is 17.4 Å². The smallest absolute Gasteiger partial charge is 0.262 e. The number of amides is 1. The molecule has 2 rings (SSSR count). The molecule has 1 N–H and O–H groups in total. The minimum Gasteiger partial charge on any atom is -0.496 e. The van der Waals surface area contributed by atoms with E-state index in [0.29, 0.717) is 5.92 Å². The number of nitrogens with one attached hydrogen (secondary N) is 1. The summed E-state index contributed by atoms with van der Waals surface area (Å²) in [5.74, 6) is 0.870. The van der Waals surface area contributed by atoms with E-state index in [9.17, 15) is 10.1 Å². The number of hydrogen-bond acceptors (Lipinski definition) is 3. The van der Waals surface area contributed by atoms with E-state index >= 15 is 0 Å². The van der Waals surface area contributed by atoms with Gasteiger partial charge >= 0.3 is 0 Å². The Hall–Kier alpha value is -2.28. The molecule has 0 saturated heterocycles. The van der Waals surface area contributed by atoms with Crippen LogP contribution in [0.2, 0.25) is 0 Å². The fourth-order valence-corrected chi connectivity index (χ4v) is 3.31. The first-order chi connectivity index (χ1) is 12.0. The Morgan fingerprint density at radius 1 is 1.32 bits per heavy atom. The van der Waals surface area contributed by atoms with E-state index in [1.807, 2.05) is 19.1 Å². The first-order valence-electron chi connectivity index (χ1n) is 9.07. The molecule has 0 unspecified atom stereocenters. The number of aryl methyl sites for hydroxylation is 1. The van der Waals surface area contributed by atoms with E-state index in [1.54, 1.807) is 13.2 Å². The molecule has 1 fully saturated rings. The molecule has 0 spiro atoms. The average molecular weight is 340 g/mol. The van der Waals surface area contributed by atoms with Gasteiger partial charge in [0.05, 0.1) is 7.11 Å². The second-order valence-corrected chi connectivity index (χ2v) is 7.08. The predicted molar refractivity (Wildman–Crippen MR) is 100 cm³/mol. The van der Waals surface area contributed by atoms with Gasteiger partial charge in [-0.3, -0.25) is 4.79 Å². The van der Waals surface area contributed by atoms with Crippen LogP contribution in [0.5, 0.6) is 5.75 Å². The Kier molecular flexibility index (Phi) is 6.64. The van der Waals surface area contributed by atoms with Gasteiger partial charge in [-0.2, -0.15) is 5.26 Å². The maximum Gasteiger partial charge on any atom is 0.262 e. The minimum atomic E-state index is -0.268. The van der Waals surface area contributed by atoms with Gasteiger partial charge in [-0.05, 0) is 60.6 Å². The summed E-state index contributed by atoms with van der Waals surface area (Å²) in [6.07, 6.45) is 7.22. The lowest BCUT2D eigenvalue weighted by Gasteiger charge is -2.22. The van der Waals surface area contributed by atoms with Crippen molar-refractivity contribution in [3.05, 3.63) is 34.4 Å². The van der Waals surface area contributed by atoms with Gasteiger partial charge in [-0.25, -0.2) is 0 Å². The lowest BCUT2D eigenvalue weighted by Crippen LogP contribution is -2.36. The number of carbonyl (C=O) groups is 1. The number of nitriles is 1. The van der Waals surface area contributed by atoms with Gasteiger partial charge < -0.3 is 10.1 Å². The number of carbonyl (C=O) groups excluding carboxylic acids is 1. The van der Waals surface area contributed by atoms with Crippen molar-refractivity contribution in [1.82, 2.24) is 5.32 Å². The van der Waals surface area contributed by atoms with Crippen molar-refractivity contribution < 1.29 is 9.53 Å². The Morgan fingerprint density at radius 3 is 2.56 bits per heavy atom. The number of nitrogens with zero attached hydrogens (tertiary/aromatic N) is 1. The van der Waals surface area contributed by atoms with Crippen LogP contribution in [0.1, 0.15) is 68.6 Å². The van der Waals surface area contributed by atoms with E-state index in [0.717, 1.165) is 48.1 Å². The summed E-state index contributed by atoms with van der Waals surface area (Å²) < 4.78 is 5.46. The third kappa shape index (κ3) is 4.85. The summed E-state index contributed by atoms with van der Waals surface area (Å²) in [5.41, 5.74) is 3.11. The number of hydrogen-bond donors (Lipinski definition) is 1. The van der Waals surface area contributed by atoms with E-state index in [1.165, 1.54) is 6.42 Å². The van der Waals surface area contributed by atoms with Gasteiger partial charge in [0.25, 0.3) is 5.91 Å². The van der Waals surface area contributed by atoms with Crippen molar-refractivity contribution in [3.63, 3.8) is 0 Å². The third-order valence-electron chi connectivity index (χ3n) is 4.85. The highest BCUT2D eigenvalue weighted by Gasteiger charge is 2.19. The predicted octanol–water partition coefficient (Wildman–Crippen LogP) is 4.48. The zero-order chi connectivity index (χ0) is 18.4. The van der Waals surface area contributed by atoms with E-state index < -0.39 is 0 Å². The van der Waals surface area contributed by atoms with Crippen LogP contribution in [0, 0.1) is 18.3 Å². The van der Waals surface area contributed by atoms with Gasteiger partial charge in [0.2, 0.25) is 0 Å². The van der Waals surface area contributed by atoms with E-state index in [2.05, 4.69) is 25.2 Å². The van der Waals surface area contributed by atoms with Crippen LogP contribution >= 0.6 is 0 Å². The van der Waals surface area contributed by atoms with Crippen molar-refractivity contribution in [1.29, 1.82) is 5.26 Å². The molecule has 0 heterocycles. The Balaban J connectivity index is 2.27. The van der Waals surface area contributed by atoms with Gasteiger partial charge in [0.15, 0.2) is 0 Å². The second-order valence-electron chi connectivity index (χ2n) is 7.08. The monoisotopic (exact) mass is 340 g/mol. The van der Waals surface area contributed by atoms with Gasteiger partial charge in [0, 0.05) is 6.04 Å². The van der Waals surface area contributed by atoms with Crippen molar-refractivity contribution in [2.45, 2.75) is 64.8 Å². The van der Waals surface area contributed by atoms with Crippen molar-refractivity contribution in [3.8, 4) is 11.8 Å². The van der Waals surface area contributed by atoms with Crippen molar-refractivity contribution in [2.24, 2.45) is 0 Å². The second kappa shape index (κ2) is 8.71. The molecule has 1 aliphatic rings. The summed E-state index contributed by atoms with van der Waals surface area (Å²) in [4.78, 5) is 12.5. The Morgan fingerprint density at radius 2 is 2.00 bits per heavy atom. The SMILES string of the molecule is COc1cc(C)c(/C=C(/C#N)C(=O)NC2CCCCC2)cc1C(C)C. The Labute approximate surface area is 150 Å². The number of benzene rings is 1. The van der Waals surface area contributed by atoms with Crippen molar-refractivity contribution in [2.75, 3.05) is 7.11 Å². The standard InChI is InChI=1S/C21H28N2O2/c1-14(2)19-12-16(15(3)10-20(19)25-4)11-17(13-22)21(24)23-18-8-6-5-7-9-18/h10-12,14,18H,5-9H2,1-4H3,(H,23,24)/b17-11-. The molecule has 0 radical (unpaired) electrons. The highest BCUT2D eigenvalue weighted by Crippen LogP contribution is 2.30. The van der Waals surface area contributed by atoms with Crippen molar-refractivity contribution >= 4 is 12.0 Å². The molecule has 25 heavy (non-hydrogen) atoms. The average Bonchev–Trinajstić information content (AvgIpc) is 2.60. The maximum atomic E-state index is 12.5. The lowest BCUT2D eigenvalue weighted by molar-refractivity contribution is -0.117. The molecule has 134 valence electrons. The molecule has 0 bridgehead atoms. The number of methoxy groups -OCH3 is 1. The molecule has 4 heteroatoms.